The molecule has 0 saturated carbocycles. The predicted octanol–water partition coefficient (Wildman–Crippen LogP) is 0.910. The Hall–Kier alpha value is -0.870. The maximum Gasteiger partial charge on any atom is 0.0948 e. The Morgan fingerprint density at radius 1 is 1.56 bits per heavy atom. The zero-order chi connectivity index (χ0) is 11.5. The molecular weight excluding hydrogens is 200 g/mol. The van der Waals surface area contributed by atoms with Crippen molar-refractivity contribution in [2.24, 2.45) is 0 Å². The molecule has 0 aliphatic carbocycles. The van der Waals surface area contributed by atoms with Gasteiger partial charge in [-0.25, -0.2) is 4.98 Å². The van der Waals surface area contributed by atoms with Crippen LogP contribution in [0.4, 0.5) is 0 Å². The highest BCUT2D eigenvalue weighted by Gasteiger charge is 2.22. The van der Waals surface area contributed by atoms with E-state index in [1.165, 1.54) is 5.69 Å². The third-order valence-electron chi connectivity index (χ3n) is 3.52. The lowest BCUT2D eigenvalue weighted by Gasteiger charge is -2.28. The van der Waals surface area contributed by atoms with Crippen molar-refractivity contribution in [2.45, 2.75) is 32.4 Å². The van der Waals surface area contributed by atoms with Gasteiger partial charge in [-0.2, -0.15) is 0 Å². The number of imidazole rings is 1. The number of nitrogens with one attached hydrogen (secondary N) is 1. The van der Waals surface area contributed by atoms with Crippen LogP contribution in [0, 0.1) is 0 Å². The molecule has 1 fully saturated rings. The summed E-state index contributed by atoms with van der Waals surface area (Å²) in [5, 5.41) is 3.31. The van der Waals surface area contributed by atoms with Crippen LogP contribution in [0.5, 0.6) is 0 Å². The lowest BCUT2D eigenvalue weighted by molar-refractivity contribution is 0.260. The average Bonchev–Trinajstić information content (AvgIpc) is 2.59. The number of hydrogen-bond donors (Lipinski definition) is 1. The van der Waals surface area contributed by atoms with Crippen molar-refractivity contribution in [2.75, 3.05) is 26.7 Å². The van der Waals surface area contributed by atoms with Crippen LogP contribution in [0.25, 0.3) is 0 Å². The summed E-state index contributed by atoms with van der Waals surface area (Å²) in [5.74, 6) is 0.673. The summed E-state index contributed by atoms with van der Waals surface area (Å²) in [4.78, 5) is 6.63. The van der Waals surface area contributed by atoms with Gasteiger partial charge in [0.1, 0.15) is 0 Å². The molecule has 0 bridgehead atoms. The highest BCUT2D eigenvalue weighted by atomic mass is 15.2. The van der Waals surface area contributed by atoms with Crippen LogP contribution < -0.4 is 5.32 Å². The topological polar surface area (TPSA) is 33.1 Å². The molecule has 0 spiro atoms. The highest BCUT2D eigenvalue weighted by molar-refractivity contribution is 5.11. The van der Waals surface area contributed by atoms with Crippen LogP contribution in [0.15, 0.2) is 12.5 Å². The van der Waals surface area contributed by atoms with E-state index in [9.17, 15) is 0 Å². The summed E-state index contributed by atoms with van der Waals surface area (Å²) in [6, 6.07) is 0.609. The minimum Gasteiger partial charge on any atom is -0.333 e. The normalized spacial score (nSPS) is 17.1. The van der Waals surface area contributed by atoms with Crippen LogP contribution in [-0.4, -0.2) is 47.2 Å². The molecule has 4 heteroatoms. The van der Waals surface area contributed by atoms with Crippen LogP contribution in [0.3, 0.4) is 0 Å². The van der Waals surface area contributed by atoms with Gasteiger partial charge in [-0.1, -0.05) is 0 Å². The highest BCUT2D eigenvalue weighted by Crippen LogP contribution is 2.19. The van der Waals surface area contributed by atoms with Crippen molar-refractivity contribution in [1.29, 1.82) is 0 Å². The number of rotatable bonds is 5. The van der Waals surface area contributed by atoms with Crippen molar-refractivity contribution >= 4 is 0 Å². The maximum absolute atomic E-state index is 4.26. The van der Waals surface area contributed by atoms with Crippen molar-refractivity contribution in [1.82, 2.24) is 19.8 Å². The van der Waals surface area contributed by atoms with E-state index in [0.717, 1.165) is 26.2 Å². The Kier molecular flexibility index (Phi) is 3.61. The first-order chi connectivity index (χ1) is 7.68. The van der Waals surface area contributed by atoms with Crippen molar-refractivity contribution in [3.8, 4) is 0 Å². The van der Waals surface area contributed by atoms with Crippen LogP contribution >= 0.6 is 0 Å². The lowest BCUT2D eigenvalue weighted by Crippen LogP contribution is -2.41. The fourth-order valence-electron chi connectivity index (χ4n) is 1.88. The Morgan fingerprint density at radius 3 is 2.88 bits per heavy atom. The zero-order valence-electron chi connectivity index (χ0n) is 10.5. The predicted molar refractivity (Wildman–Crippen MR) is 65.6 cm³/mol. The second-order valence-corrected chi connectivity index (χ2v) is 4.94. The van der Waals surface area contributed by atoms with Gasteiger partial charge in [0.15, 0.2) is 0 Å². The Labute approximate surface area is 97.7 Å². The van der Waals surface area contributed by atoms with E-state index in [1.54, 1.807) is 0 Å². The van der Waals surface area contributed by atoms with E-state index >= 15 is 0 Å². The average molecular weight is 222 g/mol. The van der Waals surface area contributed by atoms with Gasteiger partial charge in [-0.15, -0.1) is 0 Å². The minimum atomic E-state index is 0.609. The molecule has 1 aromatic rings. The number of hydrogen-bond acceptors (Lipinski definition) is 3. The zero-order valence-corrected chi connectivity index (χ0v) is 10.5. The molecule has 1 N–H and O–H groups in total. The molecule has 2 heterocycles. The molecule has 4 nitrogen and oxygen atoms in total. The van der Waals surface area contributed by atoms with Gasteiger partial charge < -0.3 is 14.8 Å². The Balaban J connectivity index is 1.91. The van der Waals surface area contributed by atoms with Gasteiger partial charge >= 0.3 is 0 Å². The molecule has 0 atom stereocenters. The summed E-state index contributed by atoms with van der Waals surface area (Å²) in [5.41, 5.74) is 1.39. The van der Waals surface area contributed by atoms with E-state index < -0.39 is 0 Å². The van der Waals surface area contributed by atoms with E-state index in [0.29, 0.717) is 12.0 Å². The monoisotopic (exact) mass is 222 g/mol. The largest absolute Gasteiger partial charge is 0.333 e. The Bertz CT molecular complexity index is 328. The summed E-state index contributed by atoms with van der Waals surface area (Å²) < 4.78 is 2.30. The van der Waals surface area contributed by atoms with E-state index in [2.05, 4.69) is 40.7 Å². The van der Waals surface area contributed by atoms with Crippen LogP contribution in [0.2, 0.25) is 0 Å². The van der Waals surface area contributed by atoms with E-state index in [-0.39, 0.29) is 0 Å². The first-order valence-corrected chi connectivity index (χ1v) is 6.09. The van der Waals surface area contributed by atoms with E-state index in [4.69, 9.17) is 0 Å². The quantitative estimate of drug-likeness (QED) is 0.804. The van der Waals surface area contributed by atoms with Gasteiger partial charge in [0, 0.05) is 50.0 Å². The van der Waals surface area contributed by atoms with Crippen molar-refractivity contribution < 1.29 is 0 Å². The maximum atomic E-state index is 4.26. The fourth-order valence-corrected chi connectivity index (χ4v) is 1.88. The molecule has 0 amide bonds. The number of aromatic nitrogens is 2. The first kappa shape index (κ1) is 11.6. The molecule has 90 valence electrons. The first-order valence-electron chi connectivity index (χ1n) is 6.09. The van der Waals surface area contributed by atoms with Crippen LogP contribution in [0.1, 0.15) is 25.5 Å². The van der Waals surface area contributed by atoms with E-state index in [1.807, 2.05) is 12.5 Å². The second-order valence-electron chi connectivity index (χ2n) is 4.94. The van der Waals surface area contributed by atoms with Crippen molar-refractivity contribution in [3.05, 3.63) is 18.2 Å². The molecule has 0 unspecified atom stereocenters. The van der Waals surface area contributed by atoms with Gasteiger partial charge in [0.05, 0.1) is 6.33 Å². The molecule has 1 aromatic heterocycles. The standard InChI is InChI=1S/C12H22N4/c1-10(2)15(3)4-5-16-9-14-8-12(16)11-6-13-7-11/h8-11,13H,4-7H2,1-3H3. The fraction of sp³-hybridized carbons (Fsp3) is 0.750. The van der Waals surface area contributed by atoms with Gasteiger partial charge in [-0.3, -0.25) is 0 Å². The molecule has 16 heavy (non-hydrogen) atoms. The smallest absolute Gasteiger partial charge is 0.0948 e. The molecular formula is C12H22N4. The Morgan fingerprint density at radius 2 is 2.31 bits per heavy atom. The van der Waals surface area contributed by atoms with Crippen molar-refractivity contribution in [3.63, 3.8) is 0 Å². The summed E-state index contributed by atoms with van der Waals surface area (Å²) in [6.45, 7) is 8.79. The number of nitrogens with zero attached hydrogens (tertiary/aromatic N) is 3. The minimum absolute atomic E-state index is 0.609. The van der Waals surface area contributed by atoms with Gasteiger partial charge in [0.2, 0.25) is 0 Å². The molecule has 0 aromatic carbocycles. The summed E-state index contributed by atoms with van der Waals surface area (Å²) in [6.07, 6.45) is 3.97. The molecule has 1 aliphatic heterocycles. The molecule has 1 saturated heterocycles. The molecule has 1 aliphatic rings. The molecule has 2 rings (SSSR count). The number of likely N-dealkylation sites (N-methyl/N-ethyl adjacent to an activating group) is 1. The second kappa shape index (κ2) is 4.97. The summed E-state index contributed by atoms with van der Waals surface area (Å²) >= 11 is 0. The lowest BCUT2D eigenvalue weighted by atomic mass is 10.00. The van der Waals surface area contributed by atoms with Gasteiger partial charge in [-0.05, 0) is 20.9 Å². The molecule has 0 radical (unpaired) electrons. The third kappa shape index (κ3) is 2.44. The third-order valence-corrected chi connectivity index (χ3v) is 3.52. The summed E-state index contributed by atoms with van der Waals surface area (Å²) in [7, 11) is 2.17. The SMILES string of the molecule is CC(C)N(C)CCn1cncc1C1CNC1. The van der Waals surface area contributed by atoms with Gasteiger partial charge in [0.25, 0.3) is 0 Å². The van der Waals surface area contributed by atoms with Crippen LogP contribution in [-0.2, 0) is 6.54 Å².